The van der Waals surface area contributed by atoms with E-state index in [1.807, 2.05) is 0 Å². The molecule has 0 heterocycles. The SMILES string of the molecule is C=C(CCC(=O)OC)SC(C)=N. The average Bonchev–Trinajstić information content (AvgIpc) is 1.99. The molecule has 3 nitrogen and oxygen atoms in total. The monoisotopic (exact) mass is 187 g/mol. The lowest BCUT2D eigenvalue weighted by Gasteiger charge is -2.01. The zero-order valence-electron chi connectivity index (χ0n) is 7.35. The molecule has 0 fully saturated rings. The van der Waals surface area contributed by atoms with E-state index >= 15 is 0 Å². The van der Waals surface area contributed by atoms with Crippen LogP contribution in [-0.2, 0) is 9.53 Å². The number of nitrogens with one attached hydrogen (secondary N) is 1. The van der Waals surface area contributed by atoms with E-state index in [2.05, 4.69) is 11.3 Å². The van der Waals surface area contributed by atoms with E-state index in [4.69, 9.17) is 5.41 Å². The Labute approximate surface area is 76.7 Å². The highest BCUT2D eigenvalue weighted by Gasteiger charge is 2.02. The summed E-state index contributed by atoms with van der Waals surface area (Å²) in [4.78, 5) is 11.5. The van der Waals surface area contributed by atoms with Crippen LogP contribution in [-0.4, -0.2) is 18.1 Å². The second-order valence-corrected chi connectivity index (χ2v) is 3.67. The van der Waals surface area contributed by atoms with Crippen LogP contribution < -0.4 is 0 Å². The van der Waals surface area contributed by atoms with Gasteiger partial charge in [0, 0.05) is 0 Å². The van der Waals surface area contributed by atoms with Gasteiger partial charge in [0.25, 0.3) is 0 Å². The fraction of sp³-hybridized carbons (Fsp3) is 0.500. The second kappa shape index (κ2) is 5.83. The third kappa shape index (κ3) is 5.97. The molecule has 0 saturated heterocycles. The minimum absolute atomic E-state index is 0.237. The molecule has 0 amide bonds. The summed E-state index contributed by atoms with van der Waals surface area (Å²) < 4.78 is 4.46. The normalized spacial score (nSPS) is 9.17. The summed E-state index contributed by atoms with van der Waals surface area (Å²) in [7, 11) is 1.36. The van der Waals surface area contributed by atoms with E-state index in [0.717, 1.165) is 4.91 Å². The van der Waals surface area contributed by atoms with E-state index in [1.54, 1.807) is 6.92 Å². The van der Waals surface area contributed by atoms with Gasteiger partial charge < -0.3 is 4.74 Å². The van der Waals surface area contributed by atoms with Crippen molar-refractivity contribution in [2.75, 3.05) is 7.11 Å². The maximum atomic E-state index is 10.7. The van der Waals surface area contributed by atoms with Crippen molar-refractivity contribution in [3.05, 3.63) is 11.5 Å². The molecule has 0 aliphatic heterocycles. The van der Waals surface area contributed by atoms with Crippen LogP contribution in [0.3, 0.4) is 0 Å². The zero-order valence-corrected chi connectivity index (χ0v) is 8.16. The van der Waals surface area contributed by atoms with E-state index < -0.39 is 0 Å². The summed E-state index contributed by atoms with van der Waals surface area (Å²) in [6.07, 6.45) is 0.920. The largest absolute Gasteiger partial charge is 0.469 e. The summed E-state index contributed by atoms with van der Waals surface area (Å²) in [6, 6.07) is 0. The summed E-state index contributed by atoms with van der Waals surface area (Å²) in [6.45, 7) is 5.40. The van der Waals surface area contributed by atoms with Gasteiger partial charge >= 0.3 is 5.97 Å². The Hall–Kier alpha value is -0.770. The van der Waals surface area contributed by atoms with Gasteiger partial charge in [0.15, 0.2) is 0 Å². The highest BCUT2D eigenvalue weighted by molar-refractivity contribution is 8.17. The predicted octanol–water partition coefficient (Wildman–Crippen LogP) is 2.18. The molecule has 0 aromatic heterocycles. The number of hydrogen-bond donors (Lipinski definition) is 1. The van der Waals surface area contributed by atoms with Crippen molar-refractivity contribution >= 4 is 22.8 Å². The summed E-state index contributed by atoms with van der Waals surface area (Å²) in [5, 5.41) is 7.63. The van der Waals surface area contributed by atoms with Gasteiger partial charge in [0.2, 0.25) is 0 Å². The van der Waals surface area contributed by atoms with Crippen LogP contribution in [0.25, 0.3) is 0 Å². The molecule has 0 unspecified atom stereocenters. The Balaban J connectivity index is 3.57. The van der Waals surface area contributed by atoms with Gasteiger partial charge in [-0.05, 0) is 18.2 Å². The summed E-state index contributed by atoms with van der Waals surface area (Å²) >= 11 is 1.29. The molecule has 0 aliphatic carbocycles. The molecule has 1 N–H and O–H groups in total. The number of hydrogen-bond acceptors (Lipinski definition) is 4. The van der Waals surface area contributed by atoms with Crippen molar-refractivity contribution in [2.45, 2.75) is 19.8 Å². The van der Waals surface area contributed by atoms with Crippen LogP contribution >= 0.6 is 11.8 Å². The lowest BCUT2D eigenvalue weighted by molar-refractivity contribution is -0.140. The number of methoxy groups -OCH3 is 1. The number of thioether (sulfide) groups is 1. The second-order valence-electron chi connectivity index (χ2n) is 2.27. The molecule has 0 bridgehead atoms. The quantitative estimate of drug-likeness (QED) is 0.417. The highest BCUT2D eigenvalue weighted by Crippen LogP contribution is 2.19. The lowest BCUT2D eigenvalue weighted by atomic mass is 10.3. The van der Waals surface area contributed by atoms with Crippen molar-refractivity contribution in [3.8, 4) is 0 Å². The number of esters is 1. The first-order chi connectivity index (χ1) is 5.56. The number of rotatable bonds is 4. The molecule has 0 aromatic carbocycles. The van der Waals surface area contributed by atoms with Crippen LogP contribution in [0.15, 0.2) is 11.5 Å². The molecule has 0 rings (SSSR count). The molecule has 0 atom stereocenters. The van der Waals surface area contributed by atoms with Crippen LogP contribution in [0.1, 0.15) is 19.8 Å². The molecule has 4 heteroatoms. The first-order valence-corrected chi connectivity index (χ1v) is 4.35. The molecule has 12 heavy (non-hydrogen) atoms. The number of ether oxygens (including phenoxy) is 1. The Morgan fingerprint density at radius 2 is 2.17 bits per heavy atom. The third-order valence-electron chi connectivity index (χ3n) is 1.13. The Morgan fingerprint density at radius 3 is 2.58 bits per heavy atom. The molecule has 0 saturated carbocycles. The average molecular weight is 187 g/mol. The fourth-order valence-corrected chi connectivity index (χ4v) is 1.25. The lowest BCUT2D eigenvalue weighted by Crippen LogP contribution is -1.99. The molecular weight excluding hydrogens is 174 g/mol. The van der Waals surface area contributed by atoms with Gasteiger partial charge in [-0.25, -0.2) is 0 Å². The van der Waals surface area contributed by atoms with E-state index in [-0.39, 0.29) is 5.97 Å². The Kier molecular flexibility index (Phi) is 5.45. The first-order valence-electron chi connectivity index (χ1n) is 3.54. The van der Waals surface area contributed by atoms with E-state index in [9.17, 15) is 4.79 Å². The predicted molar refractivity (Wildman–Crippen MR) is 51.4 cm³/mol. The first kappa shape index (κ1) is 11.2. The summed E-state index contributed by atoms with van der Waals surface area (Å²) in [5.74, 6) is -0.237. The smallest absolute Gasteiger partial charge is 0.305 e. The molecule has 68 valence electrons. The van der Waals surface area contributed by atoms with Crippen molar-refractivity contribution in [3.63, 3.8) is 0 Å². The highest BCUT2D eigenvalue weighted by atomic mass is 32.2. The maximum Gasteiger partial charge on any atom is 0.305 e. The third-order valence-corrected chi connectivity index (χ3v) is 1.93. The summed E-state index contributed by atoms with van der Waals surface area (Å²) in [5.41, 5.74) is 0. The van der Waals surface area contributed by atoms with Crippen molar-refractivity contribution in [1.82, 2.24) is 0 Å². The number of carbonyl (C=O) groups is 1. The Bertz CT molecular complexity index is 201. The van der Waals surface area contributed by atoms with Crippen LogP contribution in [0.2, 0.25) is 0 Å². The molecule has 0 radical (unpaired) electrons. The van der Waals surface area contributed by atoms with Gasteiger partial charge in [0.1, 0.15) is 0 Å². The molecule has 0 aromatic rings. The molecule has 0 spiro atoms. The molecule has 0 aliphatic rings. The Morgan fingerprint density at radius 1 is 1.58 bits per heavy atom. The standard InChI is InChI=1S/C8H13NO2S/c1-6(12-7(2)9)4-5-8(10)11-3/h9H,1,4-5H2,2-3H3. The van der Waals surface area contributed by atoms with E-state index in [1.165, 1.54) is 18.9 Å². The topological polar surface area (TPSA) is 50.2 Å². The van der Waals surface area contributed by atoms with Crippen LogP contribution in [0.4, 0.5) is 0 Å². The van der Waals surface area contributed by atoms with Gasteiger partial charge in [-0.2, -0.15) is 0 Å². The van der Waals surface area contributed by atoms with Gasteiger partial charge in [-0.15, -0.1) is 0 Å². The zero-order chi connectivity index (χ0) is 9.56. The van der Waals surface area contributed by atoms with Gasteiger partial charge in [-0.3, -0.25) is 10.2 Å². The fourth-order valence-electron chi connectivity index (χ4n) is 0.611. The van der Waals surface area contributed by atoms with E-state index in [0.29, 0.717) is 17.9 Å². The van der Waals surface area contributed by atoms with Crippen molar-refractivity contribution in [2.24, 2.45) is 0 Å². The van der Waals surface area contributed by atoms with Gasteiger partial charge in [0.05, 0.1) is 18.6 Å². The molecular formula is C8H13NO2S. The van der Waals surface area contributed by atoms with Crippen LogP contribution in [0, 0.1) is 5.41 Å². The number of carbonyl (C=O) groups excluding carboxylic acids is 1. The van der Waals surface area contributed by atoms with Gasteiger partial charge in [-0.1, -0.05) is 18.3 Å². The van der Waals surface area contributed by atoms with Crippen LogP contribution in [0.5, 0.6) is 0 Å². The minimum atomic E-state index is -0.237. The van der Waals surface area contributed by atoms with Crippen molar-refractivity contribution < 1.29 is 9.53 Å². The number of allylic oxidation sites excluding steroid dienone is 1. The van der Waals surface area contributed by atoms with Crippen molar-refractivity contribution in [1.29, 1.82) is 5.41 Å². The minimum Gasteiger partial charge on any atom is -0.469 e. The maximum absolute atomic E-state index is 10.7.